The topological polar surface area (TPSA) is 78.9 Å². The Hall–Kier alpha value is -2.24. The van der Waals surface area contributed by atoms with Gasteiger partial charge in [0, 0.05) is 18.8 Å². The van der Waals surface area contributed by atoms with Gasteiger partial charge >= 0.3 is 12.0 Å². The quantitative estimate of drug-likeness (QED) is 0.833. The molecule has 0 radical (unpaired) electrons. The molecule has 0 unspecified atom stereocenters. The van der Waals surface area contributed by atoms with E-state index in [-0.39, 0.29) is 11.9 Å². The van der Waals surface area contributed by atoms with E-state index in [0.717, 1.165) is 18.0 Å². The summed E-state index contributed by atoms with van der Waals surface area (Å²) in [6.45, 7) is 1.72. The maximum atomic E-state index is 12.3. The zero-order valence-corrected chi connectivity index (χ0v) is 15.2. The Labute approximate surface area is 154 Å². The number of anilines is 1. The minimum atomic E-state index is -0.770. The lowest BCUT2D eigenvalue weighted by Gasteiger charge is -2.30. The molecule has 6 heteroatoms. The maximum Gasteiger partial charge on any atom is 0.321 e. The number of carbonyl (C=O) groups excluding carboxylic acids is 1. The zero-order chi connectivity index (χ0) is 18.4. The number of benzene rings is 1. The Balaban J connectivity index is 1.43. The lowest BCUT2D eigenvalue weighted by atomic mass is 9.90. The van der Waals surface area contributed by atoms with Crippen molar-refractivity contribution in [2.45, 2.75) is 44.9 Å². The first-order valence-corrected chi connectivity index (χ1v) is 9.63. The first-order chi connectivity index (χ1) is 12.6. The number of ether oxygens (including phenoxy) is 1. The number of amides is 2. The van der Waals surface area contributed by atoms with Gasteiger partial charge < -0.3 is 20.1 Å². The fourth-order valence-corrected chi connectivity index (χ4v) is 3.73. The van der Waals surface area contributed by atoms with Crippen LogP contribution in [0.5, 0.6) is 5.75 Å². The van der Waals surface area contributed by atoms with Crippen LogP contribution in [0.3, 0.4) is 0 Å². The van der Waals surface area contributed by atoms with Gasteiger partial charge in [-0.3, -0.25) is 4.79 Å². The van der Waals surface area contributed by atoms with Crippen LogP contribution in [-0.4, -0.2) is 41.7 Å². The second-order valence-electron chi connectivity index (χ2n) is 7.37. The standard InChI is InChI=1S/C20H28N2O4/c23-19(24)16-10-12-22(13-11-16)20(25)21-17-6-8-18(9-7-17)26-14-15-4-2-1-3-5-15/h6-9,15-16H,1-5,10-14H2,(H,21,25)(H,23,24). The summed E-state index contributed by atoms with van der Waals surface area (Å²) in [6.07, 6.45) is 7.50. The normalized spacial score (nSPS) is 19.2. The number of nitrogens with one attached hydrogen (secondary N) is 1. The minimum absolute atomic E-state index is 0.176. The van der Waals surface area contributed by atoms with Gasteiger partial charge in [-0.2, -0.15) is 0 Å². The Morgan fingerprint density at radius 3 is 2.31 bits per heavy atom. The summed E-state index contributed by atoms with van der Waals surface area (Å²) in [5.74, 6) is 0.390. The van der Waals surface area contributed by atoms with Gasteiger partial charge in [0.15, 0.2) is 0 Å². The Kier molecular flexibility index (Phi) is 6.36. The van der Waals surface area contributed by atoms with E-state index in [1.165, 1.54) is 32.1 Å². The van der Waals surface area contributed by atoms with Crippen molar-refractivity contribution in [2.24, 2.45) is 11.8 Å². The van der Waals surface area contributed by atoms with Crippen molar-refractivity contribution < 1.29 is 19.4 Å². The molecule has 0 bridgehead atoms. The predicted molar refractivity (Wildman–Crippen MR) is 99.5 cm³/mol. The van der Waals surface area contributed by atoms with Crippen molar-refractivity contribution in [1.82, 2.24) is 4.90 Å². The van der Waals surface area contributed by atoms with Crippen LogP contribution in [-0.2, 0) is 4.79 Å². The fraction of sp³-hybridized carbons (Fsp3) is 0.600. The second-order valence-corrected chi connectivity index (χ2v) is 7.37. The zero-order valence-electron chi connectivity index (χ0n) is 15.2. The summed E-state index contributed by atoms with van der Waals surface area (Å²) in [7, 11) is 0. The van der Waals surface area contributed by atoms with E-state index in [0.29, 0.717) is 31.8 Å². The van der Waals surface area contributed by atoms with Crippen molar-refractivity contribution in [1.29, 1.82) is 0 Å². The number of carboxylic acid groups (broad SMARTS) is 1. The molecule has 26 heavy (non-hydrogen) atoms. The number of hydrogen-bond donors (Lipinski definition) is 2. The van der Waals surface area contributed by atoms with Crippen molar-refractivity contribution >= 4 is 17.7 Å². The lowest BCUT2D eigenvalue weighted by Crippen LogP contribution is -2.42. The smallest absolute Gasteiger partial charge is 0.321 e. The van der Waals surface area contributed by atoms with E-state index in [2.05, 4.69) is 5.32 Å². The average Bonchev–Trinajstić information content (AvgIpc) is 2.68. The predicted octanol–water partition coefficient (Wildman–Crippen LogP) is 3.97. The Morgan fingerprint density at radius 1 is 1.04 bits per heavy atom. The van der Waals surface area contributed by atoms with E-state index in [9.17, 15) is 9.59 Å². The van der Waals surface area contributed by atoms with E-state index in [1.54, 1.807) is 4.90 Å². The molecule has 6 nitrogen and oxygen atoms in total. The van der Waals surface area contributed by atoms with Crippen molar-refractivity contribution in [3.8, 4) is 5.75 Å². The minimum Gasteiger partial charge on any atom is -0.493 e. The summed E-state index contributed by atoms with van der Waals surface area (Å²) >= 11 is 0. The maximum absolute atomic E-state index is 12.3. The molecule has 1 aliphatic heterocycles. The molecule has 2 N–H and O–H groups in total. The summed E-state index contributed by atoms with van der Waals surface area (Å²) in [5.41, 5.74) is 0.723. The number of urea groups is 1. The molecule has 1 aromatic carbocycles. The molecule has 2 amide bonds. The highest BCUT2D eigenvalue weighted by Gasteiger charge is 2.26. The molecule has 1 saturated heterocycles. The van der Waals surface area contributed by atoms with Gasteiger partial charge in [0.25, 0.3) is 0 Å². The summed E-state index contributed by atoms with van der Waals surface area (Å²) in [4.78, 5) is 24.9. The molecule has 1 aliphatic carbocycles. The van der Waals surface area contributed by atoms with E-state index < -0.39 is 5.97 Å². The van der Waals surface area contributed by atoms with Crippen molar-refractivity contribution in [3.05, 3.63) is 24.3 Å². The lowest BCUT2D eigenvalue weighted by molar-refractivity contribution is -0.143. The van der Waals surface area contributed by atoms with E-state index in [1.807, 2.05) is 24.3 Å². The number of likely N-dealkylation sites (tertiary alicyclic amines) is 1. The van der Waals surface area contributed by atoms with Gasteiger partial charge in [-0.25, -0.2) is 4.79 Å². The number of hydrogen-bond acceptors (Lipinski definition) is 3. The van der Waals surface area contributed by atoms with Crippen LogP contribution in [0.25, 0.3) is 0 Å². The molecule has 1 aromatic rings. The second kappa shape index (κ2) is 8.92. The average molecular weight is 360 g/mol. The third kappa shape index (κ3) is 5.13. The van der Waals surface area contributed by atoms with Crippen LogP contribution in [0.1, 0.15) is 44.9 Å². The Bertz CT molecular complexity index is 603. The van der Waals surface area contributed by atoms with Crippen LogP contribution < -0.4 is 10.1 Å². The number of piperidine rings is 1. The molecule has 1 heterocycles. The number of nitrogens with zero attached hydrogens (tertiary/aromatic N) is 1. The van der Waals surface area contributed by atoms with Gasteiger partial charge in [-0.1, -0.05) is 19.3 Å². The monoisotopic (exact) mass is 360 g/mol. The number of carbonyl (C=O) groups is 2. The van der Waals surface area contributed by atoms with Crippen LogP contribution in [0, 0.1) is 11.8 Å². The first-order valence-electron chi connectivity index (χ1n) is 9.63. The largest absolute Gasteiger partial charge is 0.493 e. The molecule has 0 spiro atoms. The summed E-state index contributed by atoms with van der Waals surface area (Å²) in [6, 6.07) is 7.28. The first kappa shape index (κ1) is 18.5. The molecule has 142 valence electrons. The number of rotatable bonds is 5. The molecular weight excluding hydrogens is 332 g/mol. The van der Waals surface area contributed by atoms with Crippen LogP contribution >= 0.6 is 0 Å². The van der Waals surface area contributed by atoms with Crippen LogP contribution in [0.4, 0.5) is 10.5 Å². The number of aliphatic carboxylic acids is 1. The van der Waals surface area contributed by atoms with E-state index in [4.69, 9.17) is 9.84 Å². The highest BCUT2D eigenvalue weighted by atomic mass is 16.5. The Morgan fingerprint density at radius 2 is 1.69 bits per heavy atom. The molecule has 2 aliphatic rings. The van der Waals surface area contributed by atoms with Crippen molar-refractivity contribution in [2.75, 3.05) is 25.0 Å². The molecular formula is C20H28N2O4. The summed E-state index contributed by atoms with van der Waals surface area (Å²) < 4.78 is 5.88. The van der Waals surface area contributed by atoms with Gasteiger partial charge in [-0.15, -0.1) is 0 Å². The van der Waals surface area contributed by atoms with Crippen LogP contribution in [0.15, 0.2) is 24.3 Å². The number of carboxylic acids is 1. The van der Waals surface area contributed by atoms with Crippen LogP contribution in [0.2, 0.25) is 0 Å². The summed E-state index contributed by atoms with van der Waals surface area (Å²) in [5, 5.41) is 11.9. The highest BCUT2D eigenvalue weighted by molar-refractivity contribution is 5.89. The molecule has 0 aromatic heterocycles. The third-order valence-corrected chi connectivity index (χ3v) is 5.45. The molecule has 3 rings (SSSR count). The van der Waals surface area contributed by atoms with Gasteiger partial charge in [0.05, 0.1) is 12.5 Å². The SMILES string of the molecule is O=C(O)C1CCN(C(=O)Nc2ccc(OCC3CCCCC3)cc2)CC1. The highest BCUT2D eigenvalue weighted by Crippen LogP contribution is 2.25. The molecule has 0 atom stereocenters. The van der Waals surface area contributed by atoms with Crippen molar-refractivity contribution in [3.63, 3.8) is 0 Å². The van der Waals surface area contributed by atoms with E-state index >= 15 is 0 Å². The molecule has 1 saturated carbocycles. The van der Waals surface area contributed by atoms with Gasteiger partial charge in [-0.05, 0) is 55.9 Å². The molecule has 2 fully saturated rings. The third-order valence-electron chi connectivity index (χ3n) is 5.45. The van der Waals surface area contributed by atoms with Gasteiger partial charge in [0.2, 0.25) is 0 Å². The fourth-order valence-electron chi connectivity index (χ4n) is 3.73. The van der Waals surface area contributed by atoms with Gasteiger partial charge in [0.1, 0.15) is 5.75 Å².